The third-order valence-corrected chi connectivity index (χ3v) is 1.53. The van der Waals surface area contributed by atoms with Crippen molar-refractivity contribution < 1.29 is 36.9 Å². The van der Waals surface area contributed by atoms with Crippen molar-refractivity contribution in [2.24, 2.45) is 0 Å². The Labute approximate surface area is 102 Å². The van der Waals surface area contributed by atoms with Gasteiger partial charge in [0.15, 0.2) is 0 Å². The molecule has 0 spiro atoms. The van der Waals surface area contributed by atoms with Crippen molar-refractivity contribution in [3.05, 3.63) is 0 Å². The first-order valence-corrected chi connectivity index (χ1v) is 5.15. The molecule has 11 heavy (non-hydrogen) atoms. The maximum atomic E-state index is 9.36. The van der Waals surface area contributed by atoms with Crippen LogP contribution in [0.5, 0.6) is 0 Å². The van der Waals surface area contributed by atoms with Gasteiger partial charge < -0.3 is 10.2 Å². The number of carboxylic acids is 2. The van der Waals surface area contributed by atoms with Crippen molar-refractivity contribution in [1.82, 2.24) is 0 Å². The van der Waals surface area contributed by atoms with Crippen molar-refractivity contribution in [2.75, 3.05) is 8.86 Å². The van der Waals surface area contributed by atoms with Gasteiger partial charge in [-0.05, 0) is 0 Å². The summed E-state index contributed by atoms with van der Waals surface area (Å²) < 4.78 is 0.384. The van der Waals surface area contributed by atoms with Crippen molar-refractivity contribution >= 4 is 57.1 Å². The van der Waals surface area contributed by atoms with Crippen LogP contribution in [0.2, 0.25) is 0 Å². The molecule has 71 valence electrons. The average Bonchev–Trinajstić information content (AvgIpc) is 1.89. The first-order chi connectivity index (χ1) is 4.54. The monoisotopic (exact) mass is 435 g/mol. The molecule has 1 radical (unpaired) electrons. The zero-order chi connectivity index (χ0) is 8.57. The van der Waals surface area contributed by atoms with Crippen LogP contribution in [-0.2, 0) is 26.7 Å². The zero-order valence-electron chi connectivity index (χ0n) is 5.18. The number of hydrogen-bond donors (Lipinski definition) is 2. The van der Waals surface area contributed by atoms with Gasteiger partial charge in [-0.1, -0.05) is 45.2 Å². The van der Waals surface area contributed by atoms with E-state index in [0.29, 0.717) is 0 Å². The number of hydrogen-bond acceptors (Lipinski definition) is 2. The summed E-state index contributed by atoms with van der Waals surface area (Å²) in [7, 11) is 0. The van der Waals surface area contributed by atoms with Gasteiger partial charge in [0.1, 0.15) is 0 Å². The van der Waals surface area contributed by atoms with Gasteiger partial charge in [-0.3, -0.25) is 9.59 Å². The van der Waals surface area contributed by atoms with Gasteiger partial charge in [0.2, 0.25) is 0 Å². The fourth-order valence-electron chi connectivity index (χ4n) is 0. The zero-order valence-corrected chi connectivity index (χ0v) is 10.4. The van der Waals surface area contributed by atoms with E-state index < -0.39 is 11.9 Å². The molecule has 4 nitrogen and oxygen atoms in total. The molecule has 0 aliphatic heterocycles. The Morgan fingerprint density at radius 3 is 1.09 bits per heavy atom. The molecule has 0 aromatic carbocycles. The Bertz CT molecular complexity index is 105. The van der Waals surface area contributed by atoms with Crippen molar-refractivity contribution in [2.45, 2.75) is 0 Å². The molecule has 0 aliphatic rings. The van der Waals surface area contributed by atoms with E-state index in [1.807, 2.05) is 0 Å². The van der Waals surface area contributed by atoms with E-state index >= 15 is 0 Å². The number of carboxylic acid groups (broad SMARTS) is 2. The van der Waals surface area contributed by atoms with Gasteiger partial charge in [0.05, 0.1) is 8.86 Å². The van der Waals surface area contributed by atoms with E-state index in [1.54, 1.807) is 45.2 Å². The first-order valence-electron chi connectivity index (χ1n) is 2.10. The third-order valence-electron chi connectivity index (χ3n) is 0.229. The Kier molecular flexibility index (Phi) is 21.9. The standard InChI is InChI=1S/2C2H3IO2.Cu/c2*3-1-2(4)5;/h2*1H2,(H,4,5);. The number of rotatable bonds is 2. The number of halogens is 2. The Balaban J connectivity index is -0.000000107. The number of carbonyl (C=O) groups is 2. The molecule has 0 rings (SSSR count). The van der Waals surface area contributed by atoms with Crippen LogP contribution >= 0.6 is 45.2 Å². The molecule has 0 aromatic rings. The molecule has 2 N–H and O–H groups in total. The molecule has 7 heteroatoms. The van der Waals surface area contributed by atoms with Crippen LogP contribution in [0.3, 0.4) is 0 Å². The Morgan fingerprint density at radius 1 is 1.00 bits per heavy atom. The van der Waals surface area contributed by atoms with Crippen molar-refractivity contribution in [3.8, 4) is 0 Å². The van der Waals surface area contributed by atoms with Gasteiger partial charge >= 0.3 is 11.9 Å². The molecular formula is C4H6CuI2O4. The van der Waals surface area contributed by atoms with Crippen LogP contribution in [0.15, 0.2) is 0 Å². The molecule has 0 aromatic heterocycles. The third kappa shape index (κ3) is 35.9. The second kappa shape index (κ2) is 13.5. The normalized spacial score (nSPS) is 6.73. The second-order valence-corrected chi connectivity index (χ2v) is 2.58. The largest absolute Gasteiger partial charge is 0.481 e. The van der Waals surface area contributed by atoms with Gasteiger partial charge in [-0.2, -0.15) is 0 Å². The summed E-state index contributed by atoms with van der Waals surface area (Å²) in [5.41, 5.74) is 0. The van der Waals surface area contributed by atoms with Crippen LogP contribution in [0.1, 0.15) is 0 Å². The fraction of sp³-hybridized carbons (Fsp3) is 0.500. The van der Waals surface area contributed by atoms with E-state index in [2.05, 4.69) is 0 Å². The maximum Gasteiger partial charge on any atom is 0.313 e. The molecule has 0 heterocycles. The Morgan fingerprint density at radius 2 is 1.09 bits per heavy atom. The summed E-state index contributed by atoms with van der Waals surface area (Å²) in [4.78, 5) is 18.7. The number of alkyl halides is 2. The summed E-state index contributed by atoms with van der Waals surface area (Å²) in [5.74, 6) is -1.52. The molecular weight excluding hydrogens is 429 g/mol. The van der Waals surface area contributed by atoms with Crippen LogP contribution in [0.4, 0.5) is 0 Å². The van der Waals surface area contributed by atoms with Crippen LogP contribution < -0.4 is 0 Å². The van der Waals surface area contributed by atoms with Crippen molar-refractivity contribution in [1.29, 1.82) is 0 Å². The minimum atomic E-state index is -0.759. The summed E-state index contributed by atoms with van der Waals surface area (Å²) in [6.45, 7) is 0. The quantitative estimate of drug-likeness (QED) is 0.386. The first kappa shape index (κ1) is 17.9. The summed E-state index contributed by atoms with van der Waals surface area (Å²) >= 11 is 3.56. The summed E-state index contributed by atoms with van der Waals surface area (Å²) in [6.07, 6.45) is 0. The van der Waals surface area contributed by atoms with Gasteiger partial charge in [0, 0.05) is 17.1 Å². The SMILES string of the molecule is O=C(O)CI.O=C(O)CI.[Cu]. The maximum absolute atomic E-state index is 9.36. The Hall–Kier alpha value is 0.919. The predicted octanol–water partition coefficient (Wildman–Crippen LogP) is 1.01. The molecule has 0 unspecified atom stereocenters. The summed E-state index contributed by atoms with van der Waals surface area (Å²) in [5, 5.41) is 15.4. The molecule has 0 saturated carbocycles. The topological polar surface area (TPSA) is 74.6 Å². The van der Waals surface area contributed by atoms with Crippen LogP contribution in [-0.4, -0.2) is 31.0 Å². The van der Waals surface area contributed by atoms with E-state index in [9.17, 15) is 9.59 Å². The van der Waals surface area contributed by atoms with Crippen LogP contribution in [0, 0.1) is 0 Å². The molecule has 0 aliphatic carbocycles. The van der Waals surface area contributed by atoms with Gasteiger partial charge in [-0.15, -0.1) is 0 Å². The molecule has 0 atom stereocenters. The average molecular weight is 435 g/mol. The van der Waals surface area contributed by atoms with Gasteiger partial charge in [0.25, 0.3) is 0 Å². The smallest absolute Gasteiger partial charge is 0.313 e. The minimum Gasteiger partial charge on any atom is -0.481 e. The minimum absolute atomic E-state index is 0. The van der Waals surface area contributed by atoms with Crippen molar-refractivity contribution in [3.63, 3.8) is 0 Å². The predicted molar refractivity (Wildman–Crippen MR) is 53.0 cm³/mol. The van der Waals surface area contributed by atoms with Crippen LogP contribution in [0.25, 0.3) is 0 Å². The van der Waals surface area contributed by atoms with E-state index in [4.69, 9.17) is 10.2 Å². The van der Waals surface area contributed by atoms with E-state index in [0.717, 1.165) is 0 Å². The van der Waals surface area contributed by atoms with Gasteiger partial charge in [-0.25, -0.2) is 0 Å². The number of aliphatic carboxylic acids is 2. The molecule has 0 bridgehead atoms. The van der Waals surface area contributed by atoms with E-state index in [1.165, 1.54) is 0 Å². The molecule has 0 saturated heterocycles. The van der Waals surface area contributed by atoms with E-state index in [-0.39, 0.29) is 25.9 Å². The molecule has 0 fully saturated rings. The summed E-state index contributed by atoms with van der Waals surface area (Å²) in [6, 6.07) is 0. The fourth-order valence-corrected chi connectivity index (χ4v) is 0. The molecule has 0 amide bonds. The second-order valence-electron chi connectivity index (χ2n) is 1.05.